The molecule has 196 valence electrons. The van der Waals surface area contributed by atoms with Crippen molar-refractivity contribution >= 4 is 34.9 Å². The summed E-state index contributed by atoms with van der Waals surface area (Å²) < 4.78 is 13.2. The Kier molecular flexibility index (Phi) is 7.52. The predicted octanol–water partition coefficient (Wildman–Crippen LogP) is 4.69. The van der Waals surface area contributed by atoms with Crippen LogP contribution in [0.4, 0.5) is 10.1 Å². The molecule has 0 aliphatic carbocycles. The van der Waals surface area contributed by atoms with E-state index in [0.717, 1.165) is 49.8 Å². The first-order chi connectivity index (χ1) is 17.8. The van der Waals surface area contributed by atoms with Crippen molar-refractivity contribution in [1.29, 1.82) is 0 Å². The van der Waals surface area contributed by atoms with Gasteiger partial charge >= 0.3 is 0 Å². The number of piperidine rings is 2. The number of likely N-dealkylation sites (tertiary alicyclic amines) is 2. The zero-order chi connectivity index (χ0) is 26.1. The van der Waals surface area contributed by atoms with Crippen LogP contribution in [0.1, 0.15) is 59.5 Å². The monoisotopic (exact) mass is 525 g/mol. The zero-order valence-electron chi connectivity index (χ0n) is 21.2. The Bertz CT molecular complexity index is 1190. The van der Waals surface area contributed by atoms with Crippen molar-refractivity contribution < 1.29 is 18.8 Å². The first kappa shape index (κ1) is 25.7. The summed E-state index contributed by atoms with van der Waals surface area (Å²) in [6.07, 6.45) is 5.52. The number of anilines is 1. The Labute approximate surface area is 222 Å². The minimum Gasteiger partial charge on any atom is -0.373 e. The normalized spacial score (nSPS) is 20.2. The molecule has 37 heavy (non-hydrogen) atoms. The highest BCUT2D eigenvalue weighted by atomic mass is 35.5. The quantitative estimate of drug-likeness (QED) is 0.531. The van der Waals surface area contributed by atoms with Gasteiger partial charge in [0, 0.05) is 45.5 Å². The molecular weight excluding hydrogens is 493 g/mol. The number of hydrogen-bond acceptors (Lipinski definition) is 4. The molecule has 2 saturated heterocycles. The van der Waals surface area contributed by atoms with E-state index in [1.54, 1.807) is 17.0 Å². The lowest BCUT2D eigenvalue weighted by molar-refractivity contribution is -0.145. The lowest BCUT2D eigenvalue weighted by atomic mass is 9.89. The molecule has 1 unspecified atom stereocenters. The average molecular weight is 526 g/mol. The number of amides is 2. The summed E-state index contributed by atoms with van der Waals surface area (Å²) in [6.45, 7) is 2.89. The molecule has 0 spiro atoms. The lowest BCUT2D eigenvalue weighted by Gasteiger charge is -2.32. The molecule has 3 aliphatic heterocycles. The van der Waals surface area contributed by atoms with Crippen LogP contribution in [0.2, 0.25) is 5.02 Å². The van der Waals surface area contributed by atoms with Crippen molar-refractivity contribution in [1.82, 2.24) is 9.80 Å². The van der Waals surface area contributed by atoms with Gasteiger partial charge in [-0.1, -0.05) is 23.7 Å². The van der Waals surface area contributed by atoms with Gasteiger partial charge in [-0.3, -0.25) is 14.4 Å². The maximum atomic E-state index is 13.5. The molecule has 2 amide bonds. The van der Waals surface area contributed by atoms with Crippen LogP contribution in [0.5, 0.6) is 0 Å². The fourth-order valence-corrected chi connectivity index (χ4v) is 6.15. The summed E-state index contributed by atoms with van der Waals surface area (Å²) in [4.78, 5) is 45.1. The Hall–Kier alpha value is -2.93. The van der Waals surface area contributed by atoms with E-state index in [4.69, 9.17) is 11.6 Å². The highest BCUT2D eigenvalue weighted by Gasteiger charge is 2.39. The predicted molar refractivity (Wildman–Crippen MR) is 142 cm³/mol. The number of nitrogens with zero attached hydrogens (tertiary/aromatic N) is 3. The molecule has 0 bridgehead atoms. The second kappa shape index (κ2) is 10.8. The van der Waals surface area contributed by atoms with E-state index < -0.39 is 17.6 Å². The van der Waals surface area contributed by atoms with Crippen LogP contribution >= 0.6 is 11.6 Å². The van der Waals surface area contributed by atoms with E-state index in [1.807, 2.05) is 29.0 Å². The third kappa shape index (κ3) is 5.37. The highest BCUT2D eigenvalue weighted by Crippen LogP contribution is 2.40. The van der Waals surface area contributed by atoms with E-state index in [1.165, 1.54) is 12.1 Å². The van der Waals surface area contributed by atoms with Gasteiger partial charge in [0.25, 0.3) is 11.8 Å². The summed E-state index contributed by atoms with van der Waals surface area (Å²) in [5.74, 6) is -1.37. The molecular formula is C29H33ClFN3O3. The van der Waals surface area contributed by atoms with Gasteiger partial charge in [-0.15, -0.1) is 0 Å². The summed E-state index contributed by atoms with van der Waals surface area (Å²) in [5, 5.41) is 0.361. The number of benzene rings is 2. The topological polar surface area (TPSA) is 60.9 Å². The van der Waals surface area contributed by atoms with E-state index in [-0.39, 0.29) is 11.7 Å². The maximum absolute atomic E-state index is 13.5. The largest absolute Gasteiger partial charge is 0.373 e. The Balaban J connectivity index is 1.28. The van der Waals surface area contributed by atoms with Crippen LogP contribution < -0.4 is 4.90 Å². The average Bonchev–Trinajstić information content (AvgIpc) is 3.24. The number of halogens is 2. The van der Waals surface area contributed by atoms with Crippen LogP contribution in [0.15, 0.2) is 36.4 Å². The van der Waals surface area contributed by atoms with Crippen LogP contribution in [0, 0.1) is 11.7 Å². The van der Waals surface area contributed by atoms with Crippen molar-refractivity contribution in [2.75, 3.05) is 44.7 Å². The molecule has 8 heteroatoms. The lowest BCUT2D eigenvalue weighted by Crippen LogP contribution is -2.42. The number of fused-ring (bicyclic) bond motifs is 1. The number of likely N-dealkylation sites (N-methyl/N-ethyl adjacent to an activating group) is 1. The Morgan fingerprint density at radius 2 is 1.62 bits per heavy atom. The summed E-state index contributed by atoms with van der Waals surface area (Å²) in [6, 6.07) is 10.1. The van der Waals surface area contributed by atoms with Crippen molar-refractivity contribution in [3.05, 3.63) is 63.9 Å². The maximum Gasteiger partial charge on any atom is 0.290 e. The number of carbonyl (C=O) groups excluding carboxylic acids is 3. The first-order valence-corrected chi connectivity index (χ1v) is 13.6. The molecule has 2 fully saturated rings. The standard InChI is InChI=1S/C29H33ClFN3O3/c1-32-18-24(27(35)29(37)33-11-3-2-4-12-33)22-16-23(25(30)17-26(22)32)28(36)34-13-9-20(10-14-34)15-19-5-7-21(31)8-6-19/h5-8,16-17,20,24H,2-4,9-15,18H2,1H3. The molecule has 3 heterocycles. The van der Waals surface area contributed by atoms with Crippen LogP contribution in [0.3, 0.4) is 0 Å². The second-order valence-corrected chi connectivity index (χ2v) is 11.0. The van der Waals surface area contributed by atoms with E-state index >= 15 is 0 Å². The molecule has 5 rings (SSSR count). The summed E-state index contributed by atoms with van der Waals surface area (Å²) in [7, 11) is 1.88. The van der Waals surface area contributed by atoms with Gasteiger partial charge in [-0.25, -0.2) is 4.39 Å². The van der Waals surface area contributed by atoms with Gasteiger partial charge < -0.3 is 14.7 Å². The molecule has 1 atom stereocenters. The summed E-state index contributed by atoms with van der Waals surface area (Å²) >= 11 is 6.58. The third-order valence-corrected chi connectivity index (χ3v) is 8.41. The van der Waals surface area contributed by atoms with E-state index in [0.29, 0.717) is 54.8 Å². The number of carbonyl (C=O) groups is 3. The SMILES string of the molecule is CN1CC(C(=O)C(=O)N2CCCCC2)c2cc(C(=O)N3CCC(Cc4ccc(F)cc4)CC3)c(Cl)cc21. The number of hydrogen-bond donors (Lipinski definition) is 0. The van der Waals surface area contributed by atoms with Crippen LogP contribution in [-0.2, 0) is 16.0 Å². The molecule has 3 aliphatic rings. The van der Waals surface area contributed by atoms with Crippen molar-refractivity contribution in [2.24, 2.45) is 5.92 Å². The molecule has 6 nitrogen and oxygen atoms in total. The number of rotatable bonds is 5. The molecule has 0 saturated carbocycles. The number of Topliss-reactive ketones (excluding diaryl/α,β-unsaturated/α-hetero) is 1. The fourth-order valence-electron chi connectivity index (χ4n) is 5.91. The van der Waals surface area contributed by atoms with Gasteiger partial charge in [0.15, 0.2) is 0 Å². The fraction of sp³-hybridized carbons (Fsp3) is 0.483. The molecule has 2 aromatic carbocycles. The van der Waals surface area contributed by atoms with E-state index in [9.17, 15) is 18.8 Å². The smallest absolute Gasteiger partial charge is 0.290 e. The van der Waals surface area contributed by atoms with E-state index in [2.05, 4.69) is 0 Å². The van der Waals surface area contributed by atoms with Gasteiger partial charge in [-0.2, -0.15) is 0 Å². The van der Waals surface area contributed by atoms with Gasteiger partial charge in [0.05, 0.1) is 16.5 Å². The zero-order valence-corrected chi connectivity index (χ0v) is 22.0. The molecule has 0 aromatic heterocycles. The Morgan fingerprint density at radius 3 is 2.30 bits per heavy atom. The molecule has 0 N–H and O–H groups in total. The minimum absolute atomic E-state index is 0.142. The van der Waals surface area contributed by atoms with Crippen LogP contribution in [0.25, 0.3) is 0 Å². The van der Waals surface area contributed by atoms with Crippen LogP contribution in [-0.4, -0.2) is 67.2 Å². The second-order valence-electron chi connectivity index (χ2n) is 10.6. The highest BCUT2D eigenvalue weighted by molar-refractivity contribution is 6.39. The van der Waals surface area contributed by atoms with Crippen molar-refractivity contribution in [2.45, 2.75) is 44.4 Å². The summed E-state index contributed by atoms with van der Waals surface area (Å²) in [5.41, 5.74) is 2.99. The van der Waals surface area contributed by atoms with Gasteiger partial charge in [0.2, 0.25) is 5.78 Å². The van der Waals surface area contributed by atoms with Crippen molar-refractivity contribution in [3.63, 3.8) is 0 Å². The number of ketones is 1. The molecule has 2 aromatic rings. The third-order valence-electron chi connectivity index (χ3n) is 8.10. The minimum atomic E-state index is -0.598. The first-order valence-electron chi connectivity index (χ1n) is 13.2. The Morgan fingerprint density at radius 1 is 0.946 bits per heavy atom. The van der Waals surface area contributed by atoms with Crippen molar-refractivity contribution in [3.8, 4) is 0 Å². The van der Waals surface area contributed by atoms with Gasteiger partial charge in [-0.05, 0) is 79.8 Å². The molecule has 0 radical (unpaired) electrons. The van der Waals surface area contributed by atoms with Gasteiger partial charge in [0.1, 0.15) is 5.82 Å².